The molecule has 0 saturated carbocycles. The molecule has 0 spiro atoms. The van der Waals surface area contributed by atoms with Crippen LogP contribution in [0.25, 0.3) is 0 Å². The second kappa shape index (κ2) is 3.35. The van der Waals surface area contributed by atoms with E-state index >= 15 is 0 Å². The van der Waals surface area contributed by atoms with Crippen LogP contribution in [0.15, 0.2) is 24.6 Å². The van der Waals surface area contributed by atoms with Crippen molar-refractivity contribution in [3.63, 3.8) is 0 Å². The minimum Gasteiger partial charge on any atom is -0.352 e. The van der Waals surface area contributed by atoms with Crippen LogP contribution < -0.4 is 0 Å². The van der Waals surface area contributed by atoms with Gasteiger partial charge >= 0.3 is 0 Å². The molecule has 11 heavy (non-hydrogen) atoms. The second-order valence-electron chi connectivity index (χ2n) is 2.76. The lowest BCUT2D eigenvalue weighted by Crippen LogP contribution is -2.10. The molecule has 0 radical (unpaired) electrons. The van der Waals surface area contributed by atoms with Gasteiger partial charge in [0.1, 0.15) is 0 Å². The summed E-state index contributed by atoms with van der Waals surface area (Å²) in [6.07, 6.45) is 1.08. The van der Waals surface area contributed by atoms with E-state index in [-0.39, 0.29) is 0 Å². The molecule has 0 aromatic rings. The third-order valence-electron chi connectivity index (χ3n) is 2.07. The molecule has 1 heterocycles. The Morgan fingerprint density at radius 2 is 2.27 bits per heavy atom. The van der Waals surface area contributed by atoms with Crippen molar-refractivity contribution in [2.24, 2.45) is 0 Å². The van der Waals surface area contributed by atoms with E-state index in [9.17, 15) is 0 Å². The van der Waals surface area contributed by atoms with Crippen molar-refractivity contribution in [2.75, 3.05) is 12.8 Å². The molecule has 0 bridgehead atoms. The molecule has 1 unspecified atom stereocenters. The highest BCUT2D eigenvalue weighted by atomic mass is 32.2. The van der Waals surface area contributed by atoms with Crippen LogP contribution in [0.2, 0.25) is 0 Å². The predicted octanol–water partition coefficient (Wildman–Crippen LogP) is 2.47. The summed E-state index contributed by atoms with van der Waals surface area (Å²) in [4.78, 5) is 2.10. The molecule has 1 atom stereocenters. The maximum Gasteiger partial charge on any atom is 0.0498 e. The number of allylic oxidation sites excluding steroid dienone is 1. The third kappa shape index (κ3) is 1.62. The Bertz CT molecular complexity index is 186. The number of nitrogens with zero attached hydrogens (tertiary/aromatic N) is 1. The molecular formula is C9H15NS. The van der Waals surface area contributed by atoms with Crippen molar-refractivity contribution in [1.29, 1.82) is 0 Å². The molecule has 2 heteroatoms. The van der Waals surface area contributed by atoms with Crippen molar-refractivity contribution < 1.29 is 0 Å². The van der Waals surface area contributed by atoms with Crippen LogP contribution >= 0.6 is 11.8 Å². The second-order valence-corrected chi connectivity index (χ2v) is 4.24. The zero-order valence-corrected chi connectivity index (χ0v) is 8.08. The smallest absolute Gasteiger partial charge is 0.0498 e. The van der Waals surface area contributed by atoms with Crippen molar-refractivity contribution >= 4 is 11.8 Å². The van der Waals surface area contributed by atoms with Gasteiger partial charge in [0, 0.05) is 30.1 Å². The van der Waals surface area contributed by atoms with E-state index in [1.807, 2.05) is 18.8 Å². The maximum atomic E-state index is 4.03. The molecule has 0 aromatic carbocycles. The Hall–Kier alpha value is -0.370. The average molecular weight is 169 g/mol. The van der Waals surface area contributed by atoms with E-state index in [0.29, 0.717) is 5.25 Å². The van der Waals surface area contributed by atoms with Crippen LogP contribution in [0.1, 0.15) is 13.3 Å². The molecule has 0 aromatic heterocycles. The van der Waals surface area contributed by atoms with E-state index in [1.54, 1.807) is 0 Å². The number of thioether (sulfide) groups is 1. The molecule has 1 nitrogen and oxygen atoms in total. The van der Waals surface area contributed by atoms with Crippen molar-refractivity contribution in [3.8, 4) is 0 Å². The first-order chi connectivity index (χ1) is 5.16. The molecule has 0 amide bonds. The van der Waals surface area contributed by atoms with E-state index in [2.05, 4.69) is 25.0 Å². The van der Waals surface area contributed by atoms with Crippen LogP contribution in [-0.2, 0) is 0 Å². The molecule has 1 saturated heterocycles. The molecule has 0 aliphatic carbocycles. The lowest BCUT2D eigenvalue weighted by atomic mass is 10.3. The predicted molar refractivity (Wildman–Crippen MR) is 52.6 cm³/mol. The molecule has 1 rings (SSSR count). The third-order valence-corrected chi connectivity index (χ3v) is 3.24. The summed E-state index contributed by atoms with van der Waals surface area (Å²) in [7, 11) is 2.04. The Kier molecular flexibility index (Phi) is 2.66. The first-order valence-electron chi connectivity index (χ1n) is 3.88. The van der Waals surface area contributed by atoms with Gasteiger partial charge in [-0.3, -0.25) is 0 Å². The zero-order valence-electron chi connectivity index (χ0n) is 7.26. The summed E-state index contributed by atoms with van der Waals surface area (Å²) in [5, 5.41) is 0.581. The van der Waals surface area contributed by atoms with Crippen molar-refractivity contribution in [3.05, 3.63) is 24.6 Å². The quantitative estimate of drug-likeness (QED) is 0.624. The lowest BCUT2D eigenvalue weighted by molar-refractivity contribution is 0.565. The Morgan fingerprint density at radius 1 is 1.64 bits per heavy atom. The SMILES string of the molecule is C=C1CC(SCC)C(=C)N1C. The molecular weight excluding hydrogens is 154 g/mol. The van der Waals surface area contributed by atoms with E-state index < -0.39 is 0 Å². The summed E-state index contributed by atoms with van der Waals surface area (Å²) in [5.41, 5.74) is 2.41. The fourth-order valence-electron chi connectivity index (χ4n) is 1.24. The van der Waals surface area contributed by atoms with Crippen molar-refractivity contribution in [2.45, 2.75) is 18.6 Å². The highest BCUT2D eigenvalue weighted by Gasteiger charge is 2.26. The average Bonchev–Trinajstić information content (AvgIpc) is 2.19. The fourth-order valence-corrected chi connectivity index (χ4v) is 2.31. The van der Waals surface area contributed by atoms with Gasteiger partial charge in [-0.15, -0.1) is 0 Å². The molecule has 1 fully saturated rings. The largest absolute Gasteiger partial charge is 0.352 e. The van der Waals surface area contributed by atoms with E-state index in [4.69, 9.17) is 0 Å². The first kappa shape index (κ1) is 8.72. The standard InChI is InChI=1S/C9H15NS/c1-5-11-9-6-7(2)10(4)8(9)3/h9H,2-3,5-6H2,1,4H3. The van der Waals surface area contributed by atoms with Gasteiger partial charge in [0.25, 0.3) is 0 Å². The Labute approximate surface area is 73.2 Å². The molecule has 1 aliphatic rings. The monoisotopic (exact) mass is 169 g/mol. The first-order valence-corrected chi connectivity index (χ1v) is 4.93. The number of rotatable bonds is 2. The van der Waals surface area contributed by atoms with Gasteiger partial charge in [0.2, 0.25) is 0 Å². The van der Waals surface area contributed by atoms with Gasteiger partial charge in [-0.2, -0.15) is 11.8 Å². The van der Waals surface area contributed by atoms with E-state index in [1.165, 1.54) is 11.4 Å². The summed E-state index contributed by atoms with van der Waals surface area (Å²) in [5.74, 6) is 1.16. The lowest BCUT2D eigenvalue weighted by Gasteiger charge is -2.14. The van der Waals surface area contributed by atoms with Gasteiger partial charge in [-0.1, -0.05) is 20.1 Å². The van der Waals surface area contributed by atoms with Crippen LogP contribution in [-0.4, -0.2) is 23.0 Å². The molecule has 0 N–H and O–H groups in total. The van der Waals surface area contributed by atoms with Gasteiger partial charge in [0.05, 0.1) is 0 Å². The van der Waals surface area contributed by atoms with Crippen LogP contribution in [0, 0.1) is 0 Å². The summed E-state index contributed by atoms with van der Waals surface area (Å²) < 4.78 is 0. The number of likely N-dealkylation sites (tertiary alicyclic amines) is 1. The van der Waals surface area contributed by atoms with Gasteiger partial charge in [-0.25, -0.2) is 0 Å². The van der Waals surface area contributed by atoms with Crippen molar-refractivity contribution in [1.82, 2.24) is 4.90 Å². The van der Waals surface area contributed by atoms with E-state index in [0.717, 1.165) is 12.2 Å². The highest BCUT2D eigenvalue weighted by molar-refractivity contribution is 8.00. The number of hydrogen-bond acceptors (Lipinski definition) is 2. The van der Waals surface area contributed by atoms with Crippen LogP contribution in [0.4, 0.5) is 0 Å². The number of hydrogen-bond donors (Lipinski definition) is 0. The summed E-state index contributed by atoms with van der Waals surface area (Å²) in [6.45, 7) is 10.2. The highest BCUT2D eigenvalue weighted by Crippen LogP contribution is 2.34. The fraction of sp³-hybridized carbons (Fsp3) is 0.556. The van der Waals surface area contributed by atoms with Crippen LogP contribution in [0.3, 0.4) is 0 Å². The Balaban J connectivity index is 2.60. The van der Waals surface area contributed by atoms with Gasteiger partial charge in [-0.05, 0) is 5.75 Å². The molecule has 1 aliphatic heterocycles. The zero-order chi connectivity index (χ0) is 8.43. The van der Waals surface area contributed by atoms with Gasteiger partial charge < -0.3 is 4.90 Å². The summed E-state index contributed by atoms with van der Waals surface area (Å²) >= 11 is 1.95. The maximum absolute atomic E-state index is 4.03. The summed E-state index contributed by atoms with van der Waals surface area (Å²) in [6, 6.07) is 0. The minimum atomic E-state index is 0.581. The molecule has 62 valence electrons. The minimum absolute atomic E-state index is 0.581. The normalized spacial score (nSPS) is 24.9. The topological polar surface area (TPSA) is 3.24 Å². The van der Waals surface area contributed by atoms with Gasteiger partial charge in [0.15, 0.2) is 0 Å². The van der Waals surface area contributed by atoms with Crippen LogP contribution in [0.5, 0.6) is 0 Å². The Morgan fingerprint density at radius 3 is 2.64 bits per heavy atom.